The molecule has 6 nitrogen and oxygen atoms in total. The molecular formula is C19H20F2N4O2. The number of nitrogens with zero attached hydrogens (tertiary/aromatic N) is 1. The van der Waals surface area contributed by atoms with Crippen LogP contribution in [0.1, 0.15) is 34.7 Å². The lowest BCUT2D eigenvalue weighted by atomic mass is 9.91. The van der Waals surface area contributed by atoms with Crippen LogP contribution in [0, 0.1) is 11.6 Å². The number of nitrogens with one attached hydrogen (secondary N) is 3. The lowest BCUT2D eigenvalue weighted by molar-refractivity contribution is -0.115. The van der Waals surface area contributed by atoms with E-state index in [1.165, 1.54) is 0 Å². The van der Waals surface area contributed by atoms with Gasteiger partial charge in [-0.05, 0) is 55.6 Å². The topological polar surface area (TPSA) is 83.1 Å². The van der Waals surface area contributed by atoms with Gasteiger partial charge in [-0.1, -0.05) is 6.07 Å². The predicted molar refractivity (Wildman–Crippen MR) is 96.4 cm³/mol. The number of pyridine rings is 1. The highest BCUT2D eigenvalue weighted by Gasteiger charge is 2.16. The third kappa shape index (κ3) is 5.07. The molecule has 3 rings (SSSR count). The molecular weight excluding hydrogens is 354 g/mol. The Hall–Kier alpha value is -2.87. The summed E-state index contributed by atoms with van der Waals surface area (Å²) in [6.07, 6.45) is 3.86. The number of anilines is 1. The number of halogens is 2. The van der Waals surface area contributed by atoms with E-state index in [1.54, 1.807) is 12.3 Å². The quantitative estimate of drug-likeness (QED) is 0.749. The first-order chi connectivity index (χ1) is 13.0. The van der Waals surface area contributed by atoms with Crippen molar-refractivity contribution in [2.75, 3.05) is 25.0 Å². The van der Waals surface area contributed by atoms with Crippen molar-refractivity contribution in [2.45, 2.75) is 18.8 Å². The van der Waals surface area contributed by atoms with Gasteiger partial charge < -0.3 is 16.0 Å². The third-order valence-electron chi connectivity index (χ3n) is 4.45. The van der Waals surface area contributed by atoms with Crippen LogP contribution in [0.5, 0.6) is 0 Å². The molecule has 0 atom stereocenters. The molecule has 2 aromatic rings. The summed E-state index contributed by atoms with van der Waals surface area (Å²) in [6, 6.07) is 6.27. The van der Waals surface area contributed by atoms with Crippen molar-refractivity contribution in [3.8, 4) is 0 Å². The van der Waals surface area contributed by atoms with E-state index in [4.69, 9.17) is 0 Å². The van der Waals surface area contributed by atoms with Gasteiger partial charge in [-0.25, -0.2) is 13.8 Å². The van der Waals surface area contributed by atoms with Crippen LogP contribution >= 0.6 is 0 Å². The standard InChI is InChI=1S/C19H20F2N4O2/c20-14-2-3-15(16(21)9-14)19(27)24-11-18(26)25-17-4-1-13(10-23-17)12-5-7-22-8-6-12/h1-4,9-10,12,22H,5-8,11H2,(H,24,27)(H,23,25,26). The second-order valence-corrected chi connectivity index (χ2v) is 6.36. The molecule has 8 heteroatoms. The van der Waals surface area contributed by atoms with E-state index in [0.29, 0.717) is 17.8 Å². The summed E-state index contributed by atoms with van der Waals surface area (Å²) in [7, 11) is 0. The first kappa shape index (κ1) is 18.9. The molecule has 1 aliphatic heterocycles. The maximum atomic E-state index is 13.5. The van der Waals surface area contributed by atoms with Gasteiger partial charge in [0.15, 0.2) is 0 Å². The molecule has 0 unspecified atom stereocenters. The molecule has 0 spiro atoms. The fourth-order valence-electron chi connectivity index (χ4n) is 2.99. The molecule has 1 aromatic carbocycles. The average molecular weight is 374 g/mol. The first-order valence-electron chi connectivity index (χ1n) is 8.72. The number of hydrogen-bond acceptors (Lipinski definition) is 4. The smallest absolute Gasteiger partial charge is 0.254 e. The summed E-state index contributed by atoms with van der Waals surface area (Å²) in [5.74, 6) is -2.21. The zero-order valence-corrected chi connectivity index (χ0v) is 14.6. The minimum atomic E-state index is -0.983. The van der Waals surface area contributed by atoms with Crippen LogP contribution in [0.3, 0.4) is 0 Å². The first-order valence-corrected chi connectivity index (χ1v) is 8.72. The van der Waals surface area contributed by atoms with Crippen molar-refractivity contribution >= 4 is 17.6 Å². The van der Waals surface area contributed by atoms with Crippen LogP contribution < -0.4 is 16.0 Å². The van der Waals surface area contributed by atoms with Gasteiger partial charge in [0.1, 0.15) is 17.5 Å². The SMILES string of the molecule is O=C(CNC(=O)c1ccc(F)cc1F)Nc1ccc(C2CCNCC2)cn1. The fourth-order valence-corrected chi connectivity index (χ4v) is 2.99. The van der Waals surface area contributed by atoms with Gasteiger partial charge in [0.25, 0.3) is 5.91 Å². The summed E-state index contributed by atoms with van der Waals surface area (Å²) in [5, 5.41) is 8.18. The van der Waals surface area contributed by atoms with Crippen molar-refractivity contribution in [3.63, 3.8) is 0 Å². The highest BCUT2D eigenvalue weighted by atomic mass is 19.1. The second kappa shape index (κ2) is 8.68. The zero-order chi connectivity index (χ0) is 19.2. The molecule has 1 saturated heterocycles. The summed E-state index contributed by atoms with van der Waals surface area (Å²) in [5.41, 5.74) is 0.809. The minimum absolute atomic E-state index is 0.325. The van der Waals surface area contributed by atoms with Crippen molar-refractivity contribution in [3.05, 3.63) is 59.3 Å². The largest absolute Gasteiger partial charge is 0.343 e. The van der Waals surface area contributed by atoms with E-state index in [2.05, 4.69) is 20.9 Å². The molecule has 0 aliphatic carbocycles. The van der Waals surface area contributed by atoms with E-state index >= 15 is 0 Å². The van der Waals surface area contributed by atoms with Gasteiger partial charge in [0, 0.05) is 12.3 Å². The molecule has 0 saturated carbocycles. The van der Waals surface area contributed by atoms with Crippen molar-refractivity contribution in [1.29, 1.82) is 0 Å². The Morgan fingerprint density at radius 2 is 1.93 bits per heavy atom. The summed E-state index contributed by atoms with van der Waals surface area (Å²) < 4.78 is 26.4. The molecule has 142 valence electrons. The number of carbonyl (C=O) groups excluding carboxylic acids is 2. The van der Waals surface area contributed by atoms with Gasteiger partial charge in [-0.3, -0.25) is 9.59 Å². The van der Waals surface area contributed by atoms with E-state index in [9.17, 15) is 18.4 Å². The van der Waals surface area contributed by atoms with E-state index in [-0.39, 0.29) is 12.1 Å². The maximum Gasteiger partial charge on any atom is 0.254 e. The number of carbonyl (C=O) groups is 2. The molecule has 2 amide bonds. The minimum Gasteiger partial charge on any atom is -0.343 e. The molecule has 0 radical (unpaired) electrons. The Bertz CT molecular complexity index is 821. The number of hydrogen-bond donors (Lipinski definition) is 3. The number of amides is 2. The van der Waals surface area contributed by atoms with Crippen LogP contribution in [0.15, 0.2) is 36.5 Å². The second-order valence-electron chi connectivity index (χ2n) is 6.36. The van der Waals surface area contributed by atoms with Crippen molar-refractivity contribution < 1.29 is 18.4 Å². The molecule has 3 N–H and O–H groups in total. The molecule has 1 aromatic heterocycles. The summed E-state index contributed by atoms with van der Waals surface area (Å²) >= 11 is 0. The average Bonchev–Trinajstić information content (AvgIpc) is 2.67. The van der Waals surface area contributed by atoms with E-state index in [1.807, 2.05) is 6.07 Å². The Morgan fingerprint density at radius 3 is 2.59 bits per heavy atom. The van der Waals surface area contributed by atoms with Gasteiger partial charge in [0.2, 0.25) is 5.91 Å². The van der Waals surface area contributed by atoms with Crippen LogP contribution in [-0.4, -0.2) is 36.4 Å². The molecule has 2 heterocycles. The maximum absolute atomic E-state index is 13.5. The van der Waals surface area contributed by atoms with E-state index in [0.717, 1.165) is 43.6 Å². The van der Waals surface area contributed by atoms with Crippen LogP contribution in [0.25, 0.3) is 0 Å². The number of piperidine rings is 1. The fraction of sp³-hybridized carbons (Fsp3) is 0.316. The highest BCUT2D eigenvalue weighted by Crippen LogP contribution is 2.24. The Labute approximate surface area is 155 Å². The highest BCUT2D eigenvalue weighted by molar-refractivity contribution is 5.99. The Balaban J connectivity index is 1.50. The lowest BCUT2D eigenvalue weighted by Crippen LogP contribution is -2.33. The normalized spacial score (nSPS) is 14.6. The molecule has 1 aliphatic rings. The van der Waals surface area contributed by atoms with E-state index < -0.39 is 23.4 Å². The van der Waals surface area contributed by atoms with Crippen molar-refractivity contribution in [1.82, 2.24) is 15.6 Å². The Morgan fingerprint density at radius 1 is 1.15 bits per heavy atom. The van der Waals surface area contributed by atoms with Gasteiger partial charge in [-0.15, -0.1) is 0 Å². The summed E-state index contributed by atoms with van der Waals surface area (Å²) in [4.78, 5) is 28.1. The monoisotopic (exact) mass is 374 g/mol. The number of aromatic nitrogens is 1. The molecule has 1 fully saturated rings. The number of rotatable bonds is 5. The van der Waals surface area contributed by atoms with Gasteiger partial charge in [0.05, 0.1) is 12.1 Å². The molecule has 27 heavy (non-hydrogen) atoms. The number of benzene rings is 1. The lowest BCUT2D eigenvalue weighted by Gasteiger charge is -2.22. The van der Waals surface area contributed by atoms with Crippen LogP contribution in [0.4, 0.5) is 14.6 Å². The third-order valence-corrected chi connectivity index (χ3v) is 4.45. The molecule has 0 bridgehead atoms. The van der Waals surface area contributed by atoms with Gasteiger partial charge in [-0.2, -0.15) is 0 Å². The van der Waals surface area contributed by atoms with Crippen molar-refractivity contribution in [2.24, 2.45) is 0 Å². The summed E-state index contributed by atoms with van der Waals surface area (Å²) in [6.45, 7) is 1.61. The zero-order valence-electron chi connectivity index (χ0n) is 14.6. The van der Waals surface area contributed by atoms with Gasteiger partial charge >= 0.3 is 0 Å². The predicted octanol–water partition coefficient (Wildman–Crippen LogP) is 2.20. The Kier molecular flexibility index (Phi) is 6.08. The van der Waals surface area contributed by atoms with Crippen LogP contribution in [-0.2, 0) is 4.79 Å². The van der Waals surface area contributed by atoms with Crippen LogP contribution in [0.2, 0.25) is 0 Å².